The third kappa shape index (κ3) is 2.67. The van der Waals surface area contributed by atoms with Gasteiger partial charge in [0.05, 0.1) is 6.04 Å². The summed E-state index contributed by atoms with van der Waals surface area (Å²) >= 11 is 0. The van der Waals surface area contributed by atoms with E-state index < -0.39 is 0 Å². The predicted octanol–water partition coefficient (Wildman–Crippen LogP) is 1.82. The van der Waals surface area contributed by atoms with Gasteiger partial charge in [-0.25, -0.2) is 4.98 Å². The summed E-state index contributed by atoms with van der Waals surface area (Å²) in [4.78, 5) is 7.37. The lowest BCUT2D eigenvalue weighted by atomic mass is 10.0. The molecule has 1 atom stereocenters. The topological polar surface area (TPSA) is 56.8 Å². The number of piperidine rings is 1. The molecule has 1 unspecified atom stereocenters. The van der Waals surface area contributed by atoms with Gasteiger partial charge in [-0.15, -0.1) is 0 Å². The molecule has 0 spiro atoms. The summed E-state index contributed by atoms with van der Waals surface area (Å²) < 4.78 is 0. The maximum absolute atomic E-state index is 4.71. The van der Waals surface area contributed by atoms with Gasteiger partial charge in [-0.3, -0.25) is 10.00 Å². The molecule has 0 radical (unpaired) electrons. The minimum absolute atomic E-state index is 0.402. The van der Waals surface area contributed by atoms with Gasteiger partial charge in [0.1, 0.15) is 5.82 Å². The number of hydrogen-bond acceptors (Lipinski definition) is 4. The first-order valence-corrected chi connectivity index (χ1v) is 7.64. The van der Waals surface area contributed by atoms with E-state index in [0.29, 0.717) is 12.0 Å². The number of rotatable bonds is 3. The number of H-pyrrole nitrogens is 1. The lowest BCUT2D eigenvalue weighted by Gasteiger charge is -2.34. The Kier molecular flexibility index (Phi) is 3.84. The van der Waals surface area contributed by atoms with Gasteiger partial charge in [-0.2, -0.15) is 5.10 Å². The molecule has 3 rings (SSSR count). The van der Waals surface area contributed by atoms with E-state index in [1.54, 1.807) is 0 Å². The minimum Gasteiger partial charge on any atom is -0.317 e. The van der Waals surface area contributed by atoms with Crippen LogP contribution in [-0.2, 0) is 0 Å². The number of likely N-dealkylation sites (tertiary alicyclic amines) is 1. The molecule has 5 nitrogen and oxygen atoms in total. The smallest absolute Gasteiger partial charge is 0.153 e. The van der Waals surface area contributed by atoms with Gasteiger partial charge in [0.25, 0.3) is 0 Å². The van der Waals surface area contributed by atoms with Crippen molar-refractivity contribution >= 4 is 0 Å². The zero-order valence-corrected chi connectivity index (χ0v) is 12.0. The van der Waals surface area contributed by atoms with Crippen molar-refractivity contribution in [3.05, 3.63) is 11.6 Å². The monoisotopic (exact) mass is 263 g/mol. The summed E-state index contributed by atoms with van der Waals surface area (Å²) in [5.41, 5.74) is 0. The van der Waals surface area contributed by atoms with Crippen molar-refractivity contribution in [2.75, 3.05) is 19.6 Å². The fourth-order valence-corrected chi connectivity index (χ4v) is 3.35. The predicted molar refractivity (Wildman–Crippen MR) is 75.0 cm³/mol. The largest absolute Gasteiger partial charge is 0.317 e. The third-order valence-corrected chi connectivity index (χ3v) is 4.42. The average molecular weight is 263 g/mol. The molecule has 5 heteroatoms. The summed E-state index contributed by atoms with van der Waals surface area (Å²) in [5, 5.41) is 11.0. The van der Waals surface area contributed by atoms with E-state index in [4.69, 9.17) is 4.98 Å². The van der Waals surface area contributed by atoms with Gasteiger partial charge in [-0.05, 0) is 45.3 Å². The Hall–Kier alpha value is -0.940. The van der Waals surface area contributed by atoms with Crippen molar-refractivity contribution in [1.29, 1.82) is 0 Å². The van der Waals surface area contributed by atoms with E-state index in [0.717, 1.165) is 30.8 Å². The summed E-state index contributed by atoms with van der Waals surface area (Å²) in [6.45, 7) is 7.81. The molecule has 0 aromatic carbocycles. The molecular weight excluding hydrogens is 238 g/mol. The zero-order chi connectivity index (χ0) is 13.2. The maximum Gasteiger partial charge on any atom is 0.153 e. The molecule has 2 saturated heterocycles. The molecule has 2 fully saturated rings. The third-order valence-electron chi connectivity index (χ3n) is 4.42. The maximum atomic E-state index is 4.71. The number of nitrogens with one attached hydrogen (secondary N) is 2. The minimum atomic E-state index is 0.402. The summed E-state index contributed by atoms with van der Waals surface area (Å²) in [7, 11) is 0. The van der Waals surface area contributed by atoms with Crippen LogP contribution in [-0.4, -0.2) is 45.8 Å². The molecule has 1 aromatic rings. The van der Waals surface area contributed by atoms with Gasteiger partial charge >= 0.3 is 0 Å². The number of aromatic nitrogens is 3. The molecular formula is C14H25N5. The highest BCUT2D eigenvalue weighted by Crippen LogP contribution is 2.34. The van der Waals surface area contributed by atoms with E-state index in [2.05, 4.69) is 34.3 Å². The van der Waals surface area contributed by atoms with Gasteiger partial charge in [0, 0.05) is 12.0 Å². The van der Waals surface area contributed by atoms with E-state index >= 15 is 0 Å². The summed E-state index contributed by atoms with van der Waals surface area (Å²) in [6, 6.07) is 1.18. The standard InChI is InChI=1S/C14H25N5/c1-10(2)13-16-14(18-17-13)12-4-3-9-19(12)11-5-7-15-8-6-11/h10-12,15H,3-9H2,1-2H3,(H,16,17,18). The molecule has 19 heavy (non-hydrogen) atoms. The van der Waals surface area contributed by atoms with Crippen LogP contribution in [0.15, 0.2) is 0 Å². The van der Waals surface area contributed by atoms with Gasteiger partial charge in [0.15, 0.2) is 5.82 Å². The highest BCUT2D eigenvalue weighted by atomic mass is 15.3. The van der Waals surface area contributed by atoms with Crippen molar-refractivity contribution in [1.82, 2.24) is 25.4 Å². The summed E-state index contributed by atoms with van der Waals surface area (Å²) in [6.07, 6.45) is 5.03. The average Bonchev–Trinajstić information content (AvgIpc) is 3.08. The van der Waals surface area contributed by atoms with Crippen LogP contribution in [0.1, 0.15) is 63.1 Å². The first kappa shape index (κ1) is 13.1. The first-order valence-electron chi connectivity index (χ1n) is 7.64. The van der Waals surface area contributed by atoms with Crippen LogP contribution < -0.4 is 5.32 Å². The molecule has 2 N–H and O–H groups in total. The first-order chi connectivity index (χ1) is 9.25. The lowest BCUT2D eigenvalue weighted by molar-refractivity contribution is 0.143. The fourth-order valence-electron chi connectivity index (χ4n) is 3.35. The second-order valence-electron chi connectivity index (χ2n) is 6.11. The van der Waals surface area contributed by atoms with Crippen LogP contribution in [0, 0.1) is 0 Å². The number of nitrogens with zero attached hydrogens (tertiary/aromatic N) is 3. The van der Waals surface area contributed by atoms with Crippen LogP contribution in [0.4, 0.5) is 0 Å². The zero-order valence-electron chi connectivity index (χ0n) is 12.0. The lowest BCUT2D eigenvalue weighted by Crippen LogP contribution is -2.42. The Bertz CT molecular complexity index is 408. The molecule has 0 bridgehead atoms. The normalized spacial score (nSPS) is 26.4. The van der Waals surface area contributed by atoms with Crippen molar-refractivity contribution in [2.24, 2.45) is 0 Å². The van der Waals surface area contributed by atoms with E-state index in [1.807, 2.05) is 0 Å². The van der Waals surface area contributed by atoms with E-state index in [-0.39, 0.29) is 0 Å². The quantitative estimate of drug-likeness (QED) is 0.873. The molecule has 106 valence electrons. The van der Waals surface area contributed by atoms with Crippen molar-refractivity contribution in [3.8, 4) is 0 Å². The van der Waals surface area contributed by atoms with Crippen molar-refractivity contribution < 1.29 is 0 Å². The molecule has 2 aliphatic heterocycles. The Morgan fingerprint density at radius 1 is 1.21 bits per heavy atom. The highest BCUT2D eigenvalue weighted by molar-refractivity contribution is 5.03. The second-order valence-corrected chi connectivity index (χ2v) is 6.11. The van der Waals surface area contributed by atoms with Gasteiger partial charge in [0.2, 0.25) is 0 Å². The van der Waals surface area contributed by atoms with E-state index in [1.165, 1.54) is 32.2 Å². The van der Waals surface area contributed by atoms with Crippen LogP contribution in [0.25, 0.3) is 0 Å². The molecule has 0 amide bonds. The Morgan fingerprint density at radius 3 is 2.68 bits per heavy atom. The number of aromatic amines is 1. The molecule has 2 aliphatic rings. The van der Waals surface area contributed by atoms with Crippen LogP contribution in [0.2, 0.25) is 0 Å². The Balaban J connectivity index is 1.74. The molecule has 1 aromatic heterocycles. The van der Waals surface area contributed by atoms with Crippen molar-refractivity contribution in [2.45, 2.75) is 57.5 Å². The van der Waals surface area contributed by atoms with E-state index in [9.17, 15) is 0 Å². The summed E-state index contributed by atoms with van der Waals surface area (Å²) in [5.74, 6) is 2.44. The fraction of sp³-hybridized carbons (Fsp3) is 0.857. The Morgan fingerprint density at radius 2 is 2.00 bits per heavy atom. The Labute approximate surface area is 115 Å². The van der Waals surface area contributed by atoms with Gasteiger partial charge < -0.3 is 5.32 Å². The highest BCUT2D eigenvalue weighted by Gasteiger charge is 2.34. The van der Waals surface area contributed by atoms with Crippen LogP contribution in [0.3, 0.4) is 0 Å². The van der Waals surface area contributed by atoms with Gasteiger partial charge in [-0.1, -0.05) is 13.8 Å². The molecule has 3 heterocycles. The second kappa shape index (κ2) is 5.59. The number of hydrogen-bond donors (Lipinski definition) is 2. The van der Waals surface area contributed by atoms with Crippen molar-refractivity contribution in [3.63, 3.8) is 0 Å². The molecule has 0 saturated carbocycles. The van der Waals surface area contributed by atoms with Crippen LogP contribution in [0.5, 0.6) is 0 Å². The SMILES string of the molecule is CC(C)c1n[nH]c(C2CCCN2C2CCNCC2)n1. The molecule has 0 aliphatic carbocycles. The van der Waals surface area contributed by atoms with Crippen LogP contribution >= 0.6 is 0 Å².